The maximum Gasteiger partial charge on any atom is 0.0561 e. The first-order valence-corrected chi connectivity index (χ1v) is 44.9. The Kier molecular flexibility index (Phi) is 19.5. The van der Waals surface area contributed by atoms with Gasteiger partial charge in [0.25, 0.3) is 0 Å². The largest absolute Gasteiger partial charge is 0.310 e. The summed E-state index contributed by atoms with van der Waals surface area (Å²) in [4.78, 5) is 4.96. The van der Waals surface area contributed by atoms with Crippen molar-refractivity contribution in [3.63, 3.8) is 0 Å². The Labute approximate surface area is 709 Å². The van der Waals surface area contributed by atoms with E-state index in [2.05, 4.69) is 386 Å². The second-order valence-electron chi connectivity index (χ2n) is 36.9. The number of para-hydroxylation sites is 2. The van der Waals surface area contributed by atoms with Crippen LogP contribution in [-0.4, -0.2) is 9.13 Å². The van der Waals surface area contributed by atoms with Gasteiger partial charge in [0, 0.05) is 67.0 Å². The van der Waals surface area contributed by atoms with Crippen LogP contribution in [0.2, 0.25) is 0 Å². The summed E-state index contributed by atoms with van der Waals surface area (Å²) in [5.41, 5.74) is 31.7. The third-order valence-corrected chi connectivity index (χ3v) is 29.4. The van der Waals surface area contributed by atoms with E-state index in [4.69, 9.17) is 0 Å². The molecule has 16 aromatic rings. The molecule has 592 valence electrons. The number of aromatic nitrogens is 2. The van der Waals surface area contributed by atoms with E-state index in [1.165, 1.54) is 242 Å². The number of nitrogens with zero attached hydrogens (tertiary/aromatic N) is 4. The topological polar surface area (TPSA) is 16.3 Å². The van der Waals surface area contributed by atoms with Gasteiger partial charge in [-0.2, -0.15) is 0 Å². The monoisotopic (exact) mass is 1560 g/mol. The molecule has 0 spiro atoms. The highest BCUT2D eigenvalue weighted by Gasteiger charge is 2.60. The summed E-state index contributed by atoms with van der Waals surface area (Å²) in [6.07, 6.45) is 27.0. The molecular weight excluding hydrogens is 1450 g/mol. The third-order valence-electron chi connectivity index (χ3n) is 29.4. The van der Waals surface area contributed by atoms with Crippen molar-refractivity contribution in [2.75, 3.05) is 9.80 Å². The Morgan fingerprint density at radius 1 is 0.292 bits per heavy atom. The van der Waals surface area contributed by atoms with Crippen LogP contribution in [0.25, 0.3) is 89.4 Å². The first kappa shape index (κ1) is 75.2. The molecule has 8 bridgehead atoms. The summed E-state index contributed by atoms with van der Waals surface area (Å²) in [5, 5.41) is 5.06. The van der Waals surface area contributed by atoms with E-state index in [0.29, 0.717) is 0 Å². The summed E-state index contributed by atoms with van der Waals surface area (Å²) >= 11 is 0. The lowest BCUT2D eigenvalue weighted by molar-refractivity contribution is -0.0282. The van der Waals surface area contributed by atoms with Crippen molar-refractivity contribution in [1.82, 2.24) is 9.13 Å². The molecular formula is C116H108N4. The minimum atomic E-state index is 0.237. The van der Waals surface area contributed by atoms with Gasteiger partial charge in [0.05, 0.1) is 22.1 Å². The molecule has 4 heteroatoms. The van der Waals surface area contributed by atoms with Crippen molar-refractivity contribution in [3.8, 4) is 33.6 Å². The lowest BCUT2D eigenvalue weighted by Gasteiger charge is -2.63. The van der Waals surface area contributed by atoms with Gasteiger partial charge in [-0.3, -0.25) is 0 Å². The van der Waals surface area contributed by atoms with E-state index >= 15 is 0 Å². The number of hydrogen-bond donors (Lipinski definition) is 0. The molecule has 8 saturated carbocycles. The van der Waals surface area contributed by atoms with Gasteiger partial charge in [-0.15, -0.1) is 0 Å². The number of aryl methyl sites for hydroxylation is 2. The first-order chi connectivity index (χ1) is 59.0. The van der Waals surface area contributed by atoms with Crippen LogP contribution in [0.15, 0.2) is 353 Å². The smallest absolute Gasteiger partial charge is 0.0561 e. The van der Waals surface area contributed by atoms with Crippen LogP contribution in [0.3, 0.4) is 0 Å². The van der Waals surface area contributed by atoms with E-state index in [1.54, 1.807) is 16.7 Å². The number of fused-ring (bicyclic) bond motifs is 6. The minimum Gasteiger partial charge on any atom is -0.310 e. The molecule has 2 heterocycles. The van der Waals surface area contributed by atoms with Gasteiger partial charge in [-0.05, 0) is 330 Å². The van der Waals surface area contributed by atoms with Crippen LogP contribution in [-0.2, 0) is 34.5 Å². The van der Waals surface area contributed by atoms with Crippen molar-refractivity contribution < 1.29 is 0 Å². The Morgan fingerprint density at radius 3 is 0.992 bits per heavy atom. The van der Waals surface area contributed by atoms with Gasteiger partial charge in [0.15, 0.2) is 0 Å². The fourth-order valence-electron chi connectivity index (χ4n) is 24.7. The Balaban J connectivity index is 0.000000148. The molecule has 8 aliphatic carbocycles. The highest BCUT2D eigenvalue weighted by Crippen LogP contribution is 2.68. The van der Waals surface area contributed by atoms with Crippen molar-refractivity contribution in [1.29, 1.82) is 0 Å². The summed E-state index contributed by atoms with van der Waals surface area (Å²) in [7, 11) is 0. The molecule has 24 rings (SSSR count). The predicted molar refractivity (Wildman–Crippen MR) is 508 cm³/mol. The molecule has 0 saturated heterocycles. The molecule has 0 N–H and O–H groups in total. The fraction of sp³-hybridized carbons (Fsp3) is 0.241. The lowest BCUT2D eigenvalue weighted by atomic mass is 9.41. The fourth-order valence-corrected chi connectivity index (χ4v) is 24.7. The minimum absolute atomic E-state index is 0.237. The number of hydrogen-bond acceptors (Lipinski definition) is 2. The highest BCUT2D eigenvalue weighted by atomic mass is 15.2. The normalized spacial score (nSPS) is 21.8. The maximum absolute atomic E-state index is 4.02. The average molecular weight is 1560 g/mol. The molecule has 0 amide bonds. The highest BCUT2D eigenvalue weighted by molar-refractivity contribution is 6.12. The summed E-state index contributed by atoms with van der Waals surface area (Å²) < 4.78 is 4.88. The zero-order valence-electron chi connectivity index (χ0n) is 69.7. The second-order valence-corrected chi connectivity index (χ2v) is 36.9. The summed E-state index contributed by atoms with van der Waals surface area (Å²) in [5.74, 6) is 3.23. The van der Waals surface area contributed by atoms with Crippen LogP contribution in [0.1, 0.15) is 161 Å². The Morgan fingerprint density at radius 2 is 0.600 bits per heavy atom. The molecule has 4 unspecified atom stereocenters. The molecule has 14 aromatic carbocycles. The zero-order chi connectivity index (χ0) is 80.5. The number of anilines is 6. The Bertz CT molecular complexity index is 6370. The third kappa shape index (κ3) is 13.6. The van der Waals surface area contributed by atoms with Gasteiger partial charge < -0.3 is 18.9 Å². The van der Waals surface area contributed by atoms with Crippen LogP contribution in [0.5, 0.6) is 0 Å². The second kappa shape index (κ2) is 31.2. The van der Waals surface area contributed by atoms with E-state index in [1.807, 2.05) is 12.2 Å². The van der Waals surface area contributed by atoms with E-state index in [0.717, 1.165) is 36.5 Å². The average Bonchev–Trinajstić information content (AvgIpc) is 1.15. The number of unbranched alkanes of at least 4 members (excludes halogenated alkanes) is 2. The van der Waals surface area contributed by atoms with Gasteiger partial charge in [-0.25, -0.2) is 0 Å². The van der Waals surface area contributed by atoms with Crippen molar-refractivity contribution in [2.24, 2.45) is 23.7 Å². The molecule has 0 aliphatic heterocycles. The summed E-state index contributed by atoms with van der Waals surface area (Å²) in [6.45, 7) is 12.6. The SMILES string of the molecule is C=Cc1ccc(C23CC4CC(C2)CC(c2ccc(N(c5ccc(CCCC)cc5)c5ccc6c(c5)c5ccccc5n6-c5ccc(-c6ccccc6)cc5)cc2)(C4)C3)cc1.C=Cc1ccc(C23CC4CC(C2)CC(c2ccc(N(c5ccc(CCCC)cc5)c5ccc6c7ccccc7n(-c7ccc(-c8ccccc8)cc7)c6c5)cc2)(C4)C3)cc1. The molecule has 8 aliphatic rings. The van der Waals surface area contributed by atoms with E-state index in [9.17, 15) is 0 Å². The van der Waals surface area contributed by atoms with Gasteiger partial charge >= 0.3 is 0 Å². The lowest BCUT2D eigenvalue weighted by Crippen LogP contribution is -2.55. The Hall–Kier alpha value is -12.2. The van der Waals surface area contributed by atoms with Crippen molar-refractivity contribution >= 4 is 89.9 Å². The molecule has 8 fully saturated rings. The van der Waals surface area contributed by atoms with Gasteiger partial charge in [0.2, 0.25) is 0 Å². The zero-order valence-corrected chi connectivity index (χ0v) is 69.7. The van der Waals surface area contributed by atoms with E-state index < -0.39 is 0 Å². The maximum atomic E-state index is 4.02. The molecule has 120 heavy (non-hydrogen) atoms. The van der Waals surface area contributed by atoms with Gasteiger partial charge in [0.1, 0.15) is 0 Å². The standard InChI is InChI=1S/2C58H54N2/c1-3-5-11-42-18-26-49(27-19-42)59(50-30-24-48(25-31-50)58-38-43-34-44(39-58)37-57(36-43,40-58)47-22-16-41(4-2)17-23-47)52-32-33-56-54(35-52)53-14-9-10-15-55(53)60(56)51-28-20-46(21-29-51)45-12-7-6-8-13-45;1-3-5-11-42-18-26-49(27-19-42)59(50-30-24-48(25-31-50)58-38-43-34-44(39-58)37-57(36-43,40-58)47-22-16-41(4-2)17-23-47)52-32-33-54-53-14-9-10-15-55(53)60(56(54)35-52)51-28-20-46(21-29-51)45-12-7-6-8-13-45/h2*4,6-10,12-33,35,43-44H,2-3,5,11,34,36-40H2,1H3. The quantitative estimate of drug-likeness (QED) is 0.0672. The van der Waals surface area contributed by atoms with Crippen LogP contribution < -0.4 is 9.80 Å². The van der Waals surface area contributed by atoms with Crippen LogP contribution >= 0.6 is 0 Å². The molecule has 4 nitrogen and oxygen atoms in total. The molecule has 4 atom stereocenters. The van der Waals surface area contributed by atoms with Crippen molar-refractivity contribution in [2.45, 2.75) is 151 Å². The number of rotatable bonds is 22. The molecule has 2 aromatic heterocycles. The summed E-state index contributed by atoms with van der Waals surface area (Å²) in [6, 6.07) is 129. The van der Waals surface area contributed by atoms with Gasteiger partial charge in [-0.1, -0.05) is 276 Å². The van der Waals surface area contributed by atoms with Crippen LogP contribution in [0, 0.1) is 23.7 Å². The van der Waals surface area contributed by atoms with Crippen molar-refractivity contribution in [3.05, 3.63) is 397 Å². The predicted octanol–water partition coefficient (Wildman–Crippen LogP) is 31.4. The van der Waals surface area contributed by atoms with Crippen LogP contribution in [0.4, 0.5) is 34.1 Å². The molecule has 0 radical (unpaired) electrons. The first-order valence-electron chi connectivity index (χ1n) is 44.9. The number of benzene rings is 14. The van der Waals surface area contributed by atoms with E-state index in [-0.39, 0.29) is 21.7 Å².